The van der Waals surface area contributed by atoms with E-state index in [2.05, 4.69) is 37.4 Å². The Kier molecular flexibility index (Phi) is 8.00. The molecule has 0 radical (unpaired) electrons. The largest absolute Gasteiger partial charge is 0.457 e. The molecule has 198 valence electrons. The number of hydrogen-bond acceptors (Lipinski definition) is 7. The van der Waals surface area contributed by atoms with E-state index in [1.165, 1.54) is 11.8 Å². The van der Waals surface area contributed by atoms with Gasteiger partial charge >= 0.3 is 5.97 Å². The average molecular weight is 532 g/mol. The Balaban J connectivity index is 1.42. The number of esters is 1. The van der Waals surface area contributed by atoms with E-state index < -0.39 is 12.0 Å². The zero-order chi connectivity index (χ0) is 26.6. The predicted molar refractivity (Wildman–Crippen MR) is 149 cm³/mol. The first-order valence-corrected chi connectivity index (χ1v) is 13.9. The highest BCUT2D eigenvalue weighted by Gasteiger charge is 2.41. The lowest BCUT2D eigenvalue weighted by molar-refractivity contribution is -0.141. The molecule has 0 aliphatic carbocycles. The third-order valence-electron chi connectivity index (χ3n) is 7.05. The minimum absolute atomic E-state index is 0.0764. The molecule has 1 saturated heterocycles. The Morgan fingerprint density at radius 2 is 1.97 bits per heavy atom. The van der Waals surface area contributed by atoms with E-state index >= 15 is 0 Å². The van der Waals surface area contributed by atoms with Gasteiger partial charge in [0, 0.05) is 18.8 Å². The lowest BCUT2D eigenvalue weighted by atomic mass is 9.90. The first kappa shape index (κ1) is 26.3. The lowest BCUT2D eigenvalue weighted by Gasteiger charge is -2.37. The highest BCUT2D eigenvalue weighted by Crippen LogP contribution is 2.45. The van der Waals surface area contributed by atoms with Crippen molar-refractivity contribution in [2.75, 3.05) is 13.2 Å². The summed E-state index contributed by atoms with van der Waals surface area (Å²) >= 11 is 1.48. The van der Waals surface area contributed by atoms with Crippen LogP contribution in [0, 0.1) is 13.8 Å². The second-order valence-corrected chi connectivity index (χ2v) is 10.8. The molecule has 8 heteroatoms. The van der Waals surface area contributed by atoms with Crippen molar-refractivity contribution in [3.05, 3.63) is 93.2 Å². The van der Waals surface area contributed by atoms with Crippen molar-refractivity contribution in [2.45, 2.75) is 58.8 Å². The number of ether oxygens (including phenoxy) is 2. The third kappa shape index (κ3) is 5.71. The molecule has 2 aromatic carbocycles. The van der Waals surface area contributed by atoms with Gasteiger partial charge in [-0.15, -0.1) is 0 Å². The summed E-state index contributed by atoms with van der Waals surface area (Å²) in [6.45, 7) is 7.40. The first-order valence-electron chi connectivity index (χ1n) is 13.0. The molecule has 38 heavy (non-hydrogen) atoms. The number of aliphatic imine (C=N–C) groups is 1. The molecule has 0 spiro atoms. The van der Waals surface area contributed by atoms with Gasteiger partial charge in [-0.1, -0.05) is 65.9 Å². The van der Waals surface area contributed by atoms with Crippen LogP contribution in [0.5, 0.6) is 0 Å². The fourth-order valence-corrected chi connectivity index (χ4v) is 6.08. The molecule has 0 saturated carbocycles. The number of benzene rings is 2. The summed E-state index contributed by atoms with van der Waals surface area (Å²) in [4.78, 5) is 33.4. The van der Waals surface area contributed by atoms with E-state index in [0.29, 0.717) is 17.8 Å². The molecule has 5 rings (SSSR count). The van der Waals surface area contributed by atoms with Crippen LogP contribution in [0.2, 0.25) is 0 Å². The summed E-state index contributed by atoms with van der Waals surface area (Å²) in [5, 5.41) is 5.74. The number of thioether (sulfide) groups is 1. The molecular formula is C30H33N3O4S. The van der Waals surface area contributed by atoms with Crippen molar-refractivity contribution in [1.29, 1.82) is 0 Å². The maximum absolute atomic E-state index is 13.6. The standard InChI is InChI=1S/C30H33N3O4S/c1-19-11-12-25(20(2)14-19)28-27(29(35)37-17-22-8-5-4-6-9-22)21(3)32-30-33(28)23(18-38-30)15-26(34)31-16-24-10-7-13-36-24/h4-6,8-9,11-12,14,18,24,28H,7,10,13,15-17H2,1-3H3,(H,31,34)/t24-,28+/m0/s1. The molecule has 0 bridgehead atoms. The molecular weight excluding hydrogens is 498 g/mol. The van der Waals surface area contributed by atoms with E-state index in [1.807, 2.05) is 47.6 Å². The molecule has 2 atom stereocenters. The summed E-state index contributed by atoms with van der Waals surface area (Å²) < 4.78 is 11.4. The average Bonchev–Trinajstić information content (AvgIpc) is 3.56. The van der Waals surface area contributed by atoms with E-state index in [9.17, 15) is 9.59 Å². The summed E-state index contributed by atoms with van der Waals surface area (Å²) in [7, 11) is 0. The molecule has 0 aromatic heterocycles. The summed E-state index contributed by atoms with van der Waals surface area (Å²) in [5.74, 6) is -0.481. The number of amidine groups is 1. The van der Waals surface area contributed by atoms with Crippen molar-refractivity contribution in [1.82, 2.24) is 10.2 Å². The number of rotatable bonds is 8. The van der Waals surface area contributed by atoms with Gasteiger partial charge in [0.1, 0.15) is 6.61 Å². The molecule has 1 amide bonds. The number of amides is 1. The number of carbonyl (C=O) groups is 2. The molecule has 1 N–H and O–H groups in total. The van der Waals surface area contributed by atoms with Crippen molar-refractivity contribution in [3.63, 3.8) is 0 Å². The number of fused-ring (bicyclic) bond motifs is 1. The van der Waals surface area contributed by atoms with Crippen LogP contribution in [-0.4, -0.2) is 41.2 Å². The van der Waals surface area contributed by atoms with Gasteiger partial charge in [-0.3, -0.25) is 4.79 Å². The number of aryl methyl sites for hydroxylation is 2. The molecule has 0 unspecified atom stereocenters. The van der Waals surface area contributed by atoms with Crippen LogP contribution < -0.4 is 5.32 Å². The van der Waals surface area contributed by atoms with Gasteiger partial charge in [0.25, 0.3) is 0 Å². The third-order valence-corrected chi connectivity index (χ3v) is 7.93. The lowest BCUT2D eigenvalue weighted by Crippen LogP contribution is -2.39. The maximum Gasteiger partial charge on any atom is 0.338 e. The van der Waals surface area contributed by atoms with E-state index in [0.717, 1.165) is 52.6 Å². The molecule has 1 fully saturated rings. The van der Waals surface area contributed by atoms with Crippen LogP contribution in [0.3, 0.4) is 0 Å². The van der Waals surface area contributed by atoms with Gasteiger partial charge < -0.3 is 19.7 Å². The van der Waals surface area contributed by atoms with Crippen LogP contribution in [-0.2, 0) is 25.7 Å². The van der Waals surface area contributed by atoms with E-state index in [4.69, 9.17) is 14.5 Å². The Hall–Kier alpha value is -3.36. The highest BCUT2D eigenvalue weighted by atomic mass is 32.2. The topological polar surface area (TPSA) is 80.2 Å². The van der Waals surface area contributed by atoms with Crippen LogP contribution >= 0.6 is 11.8 Å². The predicted octanol–water partition coefficient (Wildman–Crippen LogP) is 5.31. The Bertz CT molecular complexity index is 1310. The van der Waals surface area contributed by atoms with Crippen molar-refractivity contribution < 1.29 is 19.1 Å². The van der Waals surface area contributed by atoms with Gasteiger partial charge in [0.2, 0.25) is 5.91 Å². The summed E-state index contributed by atoms with van der Waals surface area (Å²) in [5.41, 5.74) is 6.05. The van der Waals surface area contributed by atoms with E-state index in [-0.39, 0.29) is 25.0 Å². The number of nitrogens with one attached hydrogen (secondary N) is 1. The van der Waals surface area contributed by atoms with Gasteiger partial charge in [0.05, 0.1) is 29.8 Å². The fraction of sp³-hybridized carbons (Fsp3) is 0.367. The van der Waals surface area contributed by atoms with Gasteiger partial charge in [-0.25, -0.2) is 9.79 Å². The second kappa shape index (κ2) is 11.6. The van der Waals surface area contributed by atoms with Crippen LogP contribution in [0.4, 0.5) is 0 Å². The molecule has 3 aliphatic heterocycles. The number of nitrogens with zero attached hydrogens (tertiary/aromatic N) is 2. The molecule has 3 aliphatic rings. The van der Waals surface area contributed by atoms with Crippen LogP contribution in [0.25, 0.3) is 0 Å². The monoisotopic (exact) mass is 531 g/mol. The smallest absolute Gasteiger partial charge is 0.338 e. The quantitative estimate of drug-likeness (QED) is 0.465. The fourth-order valence-electron chi connectivity index (χ4n) is 5.12. The van der Waals surface area contributed by atoms with Crippen molar-refractivity contribution in [3.8, 4) is 0 Å². The maximum atomic E-state index is 13.6. The second-order valence-electron chi connectivity index (χ2n) is 9.93. The summed E-state index contributed by atoms with van der Waals surface area (Å²) in [6.07, 6.45) is 2.26. The van der Waals surface area contributed by atoms with Gasteiger partial charge in [-0.2, -0.15) is 0 Å². The zero-order valence-electron chi connectivity index (χ0n) is 22.0. The van der Waals surface area contributed by atoms with Crippen LogP contribution in [0.15, 0.2) is 75.9 Å². The molecule has 3 heterocycles. The van der Waals surface area contributed by atoms with Gasteiger partial charge in [-0.05, 0) is 55.7 Å². The summed E-state index contributed by atoms with van der Waals surface area (Å²) in [6, 6.07) is 15.4. The van der Waals surface area contributed by atoms with Crippen LogP contribution in [0.1, 0.15) is 54.5 Å². The van der Waals surface area contributed by atoms with Crippen molar-refractivity contribution >= 4 is 28.8 Å². The molecule has 7 nitrogen and oxygen atoms in total. The first-order chi connectivity index (χ1) is 18.4. The number of allylic oxidation sites excluding steroid dienone is 1. The number of carbonyl (C=O) groups excluding carboxylic acids is 2. The Labute approximate surface area is 228 Å². The minimum atomic E-state index is -0.446. The highest BCUT2D eigenvalue weighted by molar-refractivity contribution is 8.16. The van der Waals surface area contributed by atoms with Crippen molar-refractivity contribution in [2.24, 2.45) is 4.99 Å². The zero-order valence-corrected chi connectivity index (χ0v) is 22.8. The minimum Gasteiger partial charge on any atom is -0.457 e. The number of hydrogen-bond donors (Lipinski definition) is 1. The Morgan fingerprint density at radius 1 is 1.16 bits per heavy atom. The van der Waals surface area contributed by atoms with Gasteiger partial charge in [0.15, 0.2) is 5.17 Å². The Morgan fingerprint density at radius 3 is 2.71 bits per heavy atom. The normalized spacial score (nSPS) is 20.7. The van der Waals surface area contributed by atoms with E-state index in [1.54, 1.807) is 0 Å². The molecule has 2 aromatic rings. The SMILES string of the molecule is CC1=C(C(=O)OCc2ccccc2)[C@@H](c2ccc(C)cc2C)N2C(CC(=O)NC[C@@H]3CCCO3)=CSC2=N1.